The van der Waals surface area contributed by atoms with Crippen LogP contribution in [0.4, 0.5) is 5.13 Å². The molecule has 0 unspecified atom stereocenters. The molecule has 1 amide bonds. The highest BCUT2D eigenvalue weighted by Crippen LogP contribution is 2.28. The molecule has 0 aliphatic rings. The number of carbonyl (C=O) groups excluding carboxylic acids is 1. The predicted octanol–water partition coefficient (Wildman–Crippen LogP) is 5.95. The average molecular weight is 430 g/mol. The van der Waals surface area contributed by atoms with Crippen LogP contribution in [0.3, 0.4) is 0 Å². The molecule has 29 heavy (non-hydrogen) atoms. The summed E-state index contributed by atoms with van der Waals surface area (Å²) in [5.41, 5.74) is 2.18. The molecule has 5 nitrogen and oxygen atoms in total. The van der Waals surface area contributed by atoms with Gasteiger partial charge in [0.15, 0.2) is 6.10 Å². The van der Waals surface area contributed by atoms with Crippen molar-refractivity contribution in [3.05, 3.63) is 59.1 Å². The zero-order valence-corrected chi connectivity index (χ0v) is 18.5. The Labute approximate surface area is 180 Å². The van der Waals surface area contributed by atoms with Crippen LogP contribution in [0.2, 0.25) is 5.02 Å². The van der Waals surface area contributed by atoms with Gasteiger partial charge in [-0.05, 0) is 41.7 Å². The van der Waals surface area contributed by atoms with E-state index >= 15 is 0 Å². The van der Waals surface area contributed by atoms with Crippen molar-refractivity contribution in [2.75, 3.05) is 5.32 Å². The first-order valence-electron chi connectivity index (χ1n) is 9.44. The van der Waals surface area contributed by atoms with E-state index in [0.29, 0.717) is 27.3 Å². The van der Waals surface area contributed by atoms with Crippen LogP contribution >= 0.6 is 22.9 Å². The molecule has 0 saturated carbocycles. The smallest absolute Gasteiger partial charge is 0.267 e. The van der Waals surface area contributed by atoms with Crippen LogP contribution in [-0.4, -0.2) is 22.2 Å². The Bertz CT molecular complexity index is 963. The summed E-state index contributed by atoms with van der Waals surface area (Å²) >= 11 is 7.22. The molecule has 0 bridgehead atoms. The highest BCUT2D eigenvalue weighted by molar-refractivity contribution is 7.18. The Morgan fingerprint density at radius 2 is 1.76 bits per heavy atom. The number of benzene rings is 2. The van der Waals surface area contributed by atoms with Gasteiger partial charge in [-0.15, -0.1) is 10.2 Å². The fourth-order valence-corrected chi connectivity index (χ4v) is 3.57. The minimum Gasteiger partial charge on any atom is -0.481 e. The standard InChI is InChI=1S/C22H24ClN3O2S/c1-5-18(28-17-12-8-15(9-13-17)22(2,3)4)19(27)24-21-26-25-20(29-21)14-6-10-16(23)11-7-14/h6-13,18H,5H2,1-4H3,(H,24,26,27)/t18-/m1/s1. The molecule has 0 aliphatic carbocycles. The van der Waals surface area contributed by atoms with Gasteiger partial charge in [0.25, 0.3) is 5.91 Å². The van der Waals surface area contributed by atoms with Gasteiger partial charge in [0.2, 0.25) is 5.13 Å². The van der Waals surface area contributed by atoms with E-state index in [4.69, 9.17) is 16.3 Å². The third-order valence-corrected chi connectivity index (χ3v) is 5.55. The Balaban J connectivity index is 1.65. The van der Waals surface area contributed by atoms with Gasteiger partial charge in [-0.2, -0.15) is 0 Å². The number of nitrogens with zero attached hydrogens (tertiary/aromatic N) is 2. The third-order valence-electron chi connectivity index (χ3n) is 4.41. The van der Waals surface area contributed by atoms with Gasteiger partial charge in [0.1, 0.15) is 10.8 Å². The van der Waals surface area contributed by atoms with Crippen LogP contribution in [0.5, 0.6) is 5.75 Å². The van der Waals surface area contributed by atoms with Crippen LogP contribution in [0.25, 0.3) is 10.6 Å². The molecule has 1 atom stereocenters. The number of carbonyl (C=O) groups is 1. The lowest BCUT2D eigenvalue weighted by atomic mass is 9.87. The van der Waals surface area contributed by atoms with Crippen molar-refractivity contribution in [2.45, 2.75) is 45.6 Å². The van der Waals surface area contributed by atoms with Crippen molar-refractivity contribution in [3.8, 4) is 16.3 Å². The molecule has 0 radical (unpaired) electrons. The number of ether oxygens (including phenoxy) is 1. The topological polar surface area (TPSA) is 64.1 Å². The molecule has 152 valence electrons. The second-order valence-corrected chi connectivity index (χ2v) is 9.11. The zero-order valence-electron chi connectivity index (χ0n) is 16.9. The largest absolute Gasteiger partial charge is 0.481 e. The van der Waals surface area contributed by atoms with E-state index in [1.54, 1.807) is 12.1 Å². The lowest BCUT2D eigenvalue weighted by Gasteiger charge is -2.20. The minimum absolute atomic E-state index is 0.0691. The number of aromatic nitrogens is 2. The minimum atomic E-state index is -0.613. The normalized spacial score (nSPS) is 12.4. The molecule has 1 heterocycles. The van der Waals surface area contributed by atoms with Gasteiger partial charge < -0.3 is 4.74 Å². The molecule has 1 N–H and O–H groups in total. The summed E-state index contributed by atoms with van der Waals surface area (Å²) in [5, 5.41) is 12.8. The second kappa shape index (κ2) is 8.93. The molecule has 0 saturated heterocycles. The van der Waals surface area contributed by atoms with Crippen LogP contribution in [0.1, 0.15) is 39.7 Å². The van der Waals surface area contributed by atoms with Crippen LogP contribution in [0, 0.1) is 0 Å². The maximum atomic E-state index is 12.6. The summed E-state index contributed by atoms with van der Waals surface area (Å²) < 4.78 is 5.90. The highest BCUT2D eigenvalue weighted by atomic mass is 35.5. The zero-order chi connectivity index (χ0) is 21.0. The first-order valence-corrected chi connectivity index (χ1v) is 10.6. The van der Waals surface area contributed by atoms with Crippen molar-refractivity contribution < 1.29 is 9.53 Å². The van der Waals surface area contributed by atoms with Gasteiger partial charge in [0.05, 0.1) is 0 Å². The summed E-state index contributed by atoms with van der Waals surface area (Å²) in [7, 11) is 0. The number of hydrogen-bond acceptors (Lipinski definition) is 5. The van der Waals surface area contributed by atoms with Crippen molar-refractivity contribution >= 4 is 34.0 Å². The van der Waals surface area contributed by atoms with Crippen LogP contribution in [0.15, 0.2) is 48.5 Å². The predicted molar refractivity (Wildman–Crippen MR) is 119 cm³/mol. The first kappa shape index (κ1) is 21.3. The number of nitrogens with one attached hydrogen (secondary N) is 1. The molecule has 0 fully saturated rings. The molecular weight excluding hydrogens is 406 g/mol. The monoisotopic (exact) mass is 429 g/mol. The van der Waals surface area contributed by atoms with Crippen molar-refractivity contribution in [1.82, 2.24) is 10.2 Å². The quantitative estimate of drug-likeness (QED) is 0.525. The van der Waals surface area contributed by atoms with Gasteiger partial charge in [-0.25, -0.2) is 0 Å². The van der Waals surface area contributed by atoms with E-state index in [2.05, 4.69) is 36.3 Å². The molecule has 7 heteroatoms. The second-order valence-electron chi connectivity index (χ2n) is 7.70. The molecule has 1 aromatic heterocycles. The van der Waals surface area contributed by atoms with E-state index in [1.165, 1.54) is 16.9 Å². The number of rotatable bonds is 6. The molecule has 0 aliphatic heterocycles. The lowest BCUT2D eigenvalue weighted by molar-refractivity contribution is -0.122. The summed E-state index contributed by atoms with van der Waals surface area (Å²) in [6.07, 6.45) is -0.0752. The Morgan fingerprint density at radius 3 is 2.34 bits per heavy atom. The number of amides is 1. The molecular formula is C22H24ClN3O2S. The fourth-order valence-electron chi connectivity index (χ4n) is 2.69. The summed E-state index contributed by atoms with van der Waals surface area (Å²) in [6, 6.07) is 15.2. The average Bonchev–Trinajstić information content (AvgIpc) is 3.14. The third kappa shape index (κ3) is 5.55. The van der Waals surface area contributed by atoms with E-state index in [-0.39, 0.29) is 11.3 Å². The van der Waals surface area contributed by atoms with E-state index in [0.717, 1.165) is 5.56 Å². The van der Waals surface area contributed by atoms with Gasteiger partial charge in [0, 0.05) is 10.6 Å². The Hall–Kier alpha value is -2.44. The molecule has 3 rings (SSSR count). The van der Waals surface area contributed by atoms with E-state index < -0.39 is 6.10 Å². The number of halogens is 1. The number of hydrogen-bond donors (Lipinski definition) is 1. The van der Waals surface area contributed by atoms with E-state index in [1.807, 2.05) is 43.3 Å². The summed E-state index contributed by atoms with van der Waals surface area (Å²) in [5.74, 6) is 0.422. The highest BCUT2D eigenvalue weighted by Gasteiger charge is 2.21. The van der Waals surface area contributed by atoms with Crippen molar-refractivity contribution in [2.24, 2.45) is 0 Å². The lowest BCUT2D eigenvalue weighted by Crippen LogP contribution is -2.32. The maximum Gasteiger partial charge on any atom is 0.267 e. The van der Waals surface area contributed by atoms with Crippen molar-refractivity contribution in [1.29, 1.82) is 0 Å². The van der Waals surface area contributed by atoms with Gasteiger partial charge >= 0.3 is 0 Å². The molecule has 2 aromatic carbocycles. The van der Waals surface area contributed by atoms with Gasteiger partial charge in [-0.1, -0.05) is 74.9 Å². The van der Waals surface area contributed by atoms with Gasteiger partial charge in [-0.3, -0.25) is 10.1 Å². The van der Waals surface area contributed by atoms with Crippen LogP contribution < -0.4 is 10.1 Å². The van der Waals surface area contributed by atoms with Crippen molar-refractivity contribution in [3.63, 3.8) is 0 Å². The molecule has 0 spiro atoms. The summed E-state index contributed by atoms with van der Waals surface area (Å²) in [6.45, 7) is 8.38. The van der Waals surface area contributed by atoms with E-state index in [9.17, 15) is 4.79 Å². The maximum absolute atomic E-state index is 12.6. The fraction of sp³-hybridized carbons (Fsp3) is 0.318. The summed E-state index contributed by atoms with van der Waals surface area (Å²) in [4.78, 5) is 12.6. The van der Waals surface area contributed by atoms with Crippen LogP contribution in [-0.2, 0) is 10.2 Å². The Kier molecular flexibility index (Phi) is 6.55. The first-order chi connectivity index (χ1) is 13.8. The molecule has 3 aromatic rings. The number of anilines is 1. The Morgan fingerprint density at radius 1 is 1.10 bits per heavy atom. The SMILES string of the molecule is CC[C@@H](Oc1ccc(C(C)(C)C)cc1)C(=O)Nc1nnc(-c2ccc(Cl)cc2)s1.